The Labute approximate surface area is 294 Å². The fourth-order valence-corrected chi connectivity index (χ4v) is 9.13. The van der Waals surface area contributed by atoms with Gasteiger partial charge in [-0.25, -0.2) is 0 Å². The lowest BCUT2D eigenvalue weighted by Gasteiger charge is -2.26. The third-order valence-corrected chi connectivity index (χ3v) is 11.8. The molecule has 0 N–H and O–H groups in total. The Morgan fingerprint density at radius 3 is 1.52 bits per heavy atom. The molecule has 0 heterocycles. The molecule has 238 valence electrons. The molecule has 0 heteroatoms. The standard InChI is InChI=1S/C50H38/c1-49(2)44-15-8-7-14-43(44)47-45(49)25-24-42-41-23-22-40(30-46(41)50(3,4)48(42)47)34-13-9-12-33(27-34)35-18-19-39-29-38(21-20-37(39)28-35)36-17-16-31-10-5-6-11-32(31)26-36/h5-30H,1-4H3. The molecule has 50 heavy (non-hydrogen) atoms. The number of benzene rings is 8. The second kappa shape index (κ2) is 10.4. The summed E-state index contributed by atoms with van der Waals surface area (Å²) in [5, 5.41) is 5.06. The average molecular weight is 639 g/mol. The predicted octanol–water partition coefficient (Wildman–Crippen LogP) is 13.6. The molecule has 0 bridgehead atoms. The van der Waals surface area contributed by atoms with Crippen molar-refractivity contribution in [2.45, 2.75) is 38.5 Å². The van der Waals surface area contributed by atoms with Gasteiger partial charge in [-0.1, -0.05) is 155 Å². The van der Waals surface area contributed by atoms with Gasteiger partial charge in [-0.3, -0.25) is 0 Å². The molecule has 0 nitrogen and oxygen atoms in total. The van der Waals surface area contributed by atoms with E-state index in [0.717, 1.165) is 0 Å². The van der Waals surface area contributed by atoms with Crippen LogP contribution in [0.1, 0.15) is 49.9 Å². The van der Waals surface area contributed by atoms with Crippen LogP contribution in [0.4, 0.5) is 0 Å². The Balaban J connectivity index is 1.00. The van der Waals surface area contributed by atoms with Gasteiger partial charge in [-0.15, -0.1) is 0 Å². The van der Waals surface area contributed by atoms with E-state index in [2.05, 4.69) is 185 Å². The van der Waals surface area contributed by atoms with E-state index >= 15 is 0 Å². The summed E-state index contributed by atoms with van der Waals surface area (Å²) in [7, 11) is 0. The monoisotopic (exact) mass is 638 g/mol. The van der Waals surface area contributed by atoms with Crippen molar-refractivity contribution >= 4 is 21.5 Å². The van der Waals surface area contributed by atoms with Crippen LogP contribution in [0.3, 0.4) is 0 Å². The Bertz CT molecular complexity index is 2700. The molecule has 8 aromatic rings. The molecule has 0 atom stereocenters. The molecule has 0 radical (unpaired) electrons. The molecule has 10 rings (SSSR count). The summed E-state index contributed by atoms with van der Waals surface area (Å²) in [6.07, 6.45) is 0. The molecule has 2 aliphatic carbocycles. The molecule has 0 fully saturated rings. The third-order valence-electron chi connectivity index (χ3n) is 11.8. The van der Waals surface area contributed by atoms with Crippen LogP contribution in [0.5, 0.6) is 0 Å². The largest absolute Gasteiger partial charge is 0.0619 e. The highest BCUT2D eigenvalue weighted by molar-refractivity contribution is 5.96. The maximum Gasteiger partial charge on any atom is 0.0165 e. The van der Waals surface area contributed by atoms with E-state index in [1.165, 1.54) is 99.4 Å². The molecule has 0 saturated heterocycles. The molecule has 0 saturated carbocycles. The van der Waals surface area contributed by atoms with Gasteiger partial charge in [0.2, 0.25) is 0 Å². The Morgan fingerprint density at radius 2 is 0.820 bits per heavy atom. The van der Waals surface area contributed by atoms with Gasteiger partial charge in [-0.2, -0.15) is 0 Å². The molecule has 0 amide bonds. The summed E-state index contributed by atoms with van der Waals surface area (Å²) in [6, 6.07) is 59.1. The SMILES string of the molecule is CC1(C)c2ccccc2-c2c1ccc1c2C(C)(C)c2cc(-c3cccc(-c4ccc5cc(-c6ccc7ccccc7c6)ccc5c4)c3)ccc2-1. The number of rotatable bonds is 3. The molecular weight excluding hydrogens is 601 g/mol. The topological polar surface area (TPSA) is 0 Å². The highest BCUT2D eigenvalue weighted by atomic mass is 14.5. The first kappa shape index (κ1) is 29.2. The summed E-state index contributed by atoms with van der Waals surface area (Å²) < 4.78 is 0. The van der Waals surface area contributed by atoms with Crippen molar-refractivity contribution in [2.24, 2.45) is 0 Å². The summed E-state index contributed by atoms with van der Waals surface area (Å²) >= 11 is 0. The van der Waals surface area contributed by atoms with Crippen molar-refractivity contribution in [3.8, 4) is 55.6 Å². The van der Waals surface area contributed by atoms with E-state index in [9.17, 15) is 0 Å². The van der Waals surface area contributed by atoms with Crippen molar-refractivity contribution in [3.63, 3.8) is 0 Å². The fraction of sp³-hybridized carbons (Fsp3) is 0.120. The summed E-state index contributed by atoms with van der Waals surface area (Å²) in [6.45, 7) is 9.60. The van der Waals surface area contributed by atoms with Crippen molar-refractivity contribution in [1.29, 1.82) is 0 Å². The second-order valence-electron chi connectivity index (χ2n) is 15.4. The van der Waals surface area contributed by atoms with Crippen molar-refractivity contribution in [1.82, 2.24) is 0 Å². The van der Waals surface area contributed by atoms with Crippen LogP contribution in [0.15, 0.2) is 158 Å². The fourth-order valence-electron chi connectivity index (χ4n) is 9.13. The molecule has 2 aliphatic rings. The minimum Gasteiger partial charge on any atom is -0.0619 e. The molecule has 0 aliphatic heterocycles. The van der Waals surface area contributed by atoms with Crippen LogP contribution in [0, 0.1) is 0 Å². The Morgan fingerprint density at radius 1 is 0.300 bits per heavy atom. The minimum absolute atomic E-state index is 0.000305. The van der Waals surface area contributed by atoms with Gasteiger partial charge in [0.1, 0.15) is 0 Å². The lowest BCUT2D eigenvalue weighted by Crippen LogP contribution is -2.18. The van der Waals surface area contributed by atoms with Crippen molar-refractivity contribution in [2.75, 3.05) is 0 Å². The Hall–Kier alpha value is -5.72. The maximum atomic E-state index is 2.46. The average Bonchev–Trinajstić information content (AvgIpc) is 3.53. The van der Waals surface area contributed by atoms with E-state index in [4.69, 9.17) is 0 Å². The highest BCUT2D eigenvalue weighted by Gasteiger charge is 2.44. The first-order valence-corrected chi connectivity index (χ1v) is 17.8. The quantitative estimate of drug-likeness (QED) is 0.181. The molecule has 0 spiro atoms. The normalized spacial score (nSPS) is 14.7. The predicted molar refractivity (Wildman–Crippen MR) is 213 cm³/mol. The minimum atomic E-state index is -0.110. The van der Waals surface area contributed by atoms with Crippen LogP contribution in [-0.4, -0.2) is 0 Å². The smallest absolute Gasteiger partial charge is 0.0165 e. The van der Waals surface area contributed by atoms with Crippen molar-refractivity contribution < 1.29 is 0 Å². The zero-order valence-corrected chi connectivity index (χ0v) is 29.0. The first-order valence-electron chi connectivity index (χ1n) is 17.8. The first-order chi connectivity index (χ1) is 24.3. The van der Waals surface area contributed by atoms with E-state index in [1.807, 2.05) is 0 Å². The van der Waals surface area contributed by atoms with Gasteiger partial charge in [0, 0.05) is 10.8 Å². The van der Waals surface area contributed by atoms with E-state index in [-0.39, 0.29) is 10.8 Å². The lowest BCUT2D eigenvalue weighted by atomic mass is 9.77. The van der Waals surface area contributed by atoms with Gasteiger partial charge in [0.25, 0.3) is 0 Å². The Kier molecular flexibility index (Phi) is 6.07. The van der Waals surface area contributed by atoms with Crippen molar-refractivity contribution in [3.05, 3.63) is 180 Å². The molecule has 0 unspecified atom stereocenters. The lowest BCUT2D eigenvalue weighted by molar-refractivity contribution is 0.647. The van der Waals surface area contributed by atoms with Gasteiger partial charge in [0.15, 0.2) is 0 Å². The van der Waals surface area contributed by atoms with Crippen LogP contribution >= 0.6 is 0 Å². The van der Waals surface area contributed by atoms with E-state index in [0.29, 0.717) is 0 Å². The summed E-state index contributed by atoms with van der Waals surface area (Å²) in [5.41, 5.74) is 18.8. The van der Waals surface area contributed by atoms with E-state index < -0.39 is 0 Å². The number of hydrogen-bond acceptors (Lipinski definition) is 0. The second-order valence-corrected chi connectivity index (χ2v) is 15.4. The highest BCUT2D eigenvalue weighted by Crippen LogP contribution is 2.59. The third kappa shape index (κ3) is 4.18. The summed E-state index contributed by atoms with van der Waals surface area (Å²) in [5.74, 6) is 0. The molecule has 8 aromatic carbocycles. The zero-order chi connectivity index (χ0) is 33.8. The van der Waals surface area contributed by atoms with Gasteiger partial charge in [0.05, 0.1) is 0 Å². The van der Waals surface area contributed by atoms with E-state index in [1.54, 1.807) is 0 Å². The van der Waals surface area contributed by atoms with Gasteiger partial charge < -0.3 is 0 Å². The van der Waals surface area contributed by atoms with Crippen LogP contribution < -0.4 is 0 Å². The van der Waals surface area contributed by atoms with Crippen LogP contribution in [-0.2, 0) is 10.8 Å². The van der Waals surface area contributed by atoms with Crippen LogP contribution in [0.2, 0.25) is 0 Å². The molecule has 0 aromatic heterocycles. The van der Waals surface area contributed by atoms with Crippen LogP contribution in [0.25, 0.3) is 77.2 Å². The zero-order valence-electron chi connectivity index (χ0n) is 29.0. The molecular formula is C50H38. The number of fused-ring (bicyclic) bond motifs is 9. The van der Waals surface area contributed by atoms with Gasteiger partial charge >= 0.3 is 0 Å². The maximum absolute atomic E-state index is 2.46. The van der Waals surface area contributed by atoms with Gasteiger partial charge in [-0.05, 0) is 130 Å². The summed E-state index contributed by atoms with van der Waals surface area (Å²) in [4.78, 5) is 0. The number of hydrogen-bond donors (Lipinski definition) is 0.